The van der Waals surface area contributed by atoms with Crippen molar-refractivity contribution >= 4 is 35.1 Å². The quantitative estimate of drug-likeness (QED) is 0.887. The summed E-state index contributed by atoms with van der Waals surface area (Å²) in [4.78, 5) is 23.8. The van der Waals surface area contributed by atoms with Crippen LogP contribution in [0.4, 0.5) is 0 Å². The first-order valence-corrected chi connectivity index (χ1v) is 7.59. The van der Waals surface area contributed by atoms with Gasteiger partial charge in [-0.3, -0.25) is 9.59 Å². The molecule has 1 saturated carbocycles. The van der Waals surface area contributed by atoms with Crippen molar-refractivity contribution in [2.45, 2.75) is 38.6 Å². The van der Waals surface area contributed by atoms with E-state index in [0.717, 1.165) is 12.8 Å². The van der Waals surface area contributed by atoms with Gasteiger partial charge in [0, 0.05) is 11.1 Å². The minimum atomic E-state index is -0.938. The Labute approximate surface area is 133 Å². The second-order valence-corrected chi connectivity index (χ2v) is 6.46. The van der Waals surface area contributed by atoms with Crippen LogP contribution in [0.25, 0.3) is 0 Å². The zero-order chi connectivity index (χ0) is 15.6. The van der Waals surface area contributed by atoms with Crippen molar-refractivity contribution in [3.05, 3.63) is 33.8 Å². The van der Waals surface area contributed by atoms with E-state index in [1.807, 2.05) is 0 Å². The summed E-state index contributed by atoms with van der Waals surface area (Å²) >= 11 is 11.8. The van der Waals surface area contributed by atoms with Crippen molar-refractivity contribution in [3.63, 3.8) is 0 Å². The molecule has 0 aliphatic heterocycles. The van der Waals surface area contributed by atoms with E-state index in [-0.39, 0.29) is 10.9 Å². The first-order valence-electron chi connectivity index (χ1n) is 6.84. The van der Waals surface area contributed by atoms with Crippen LogP contribution in [0, 0.1) is 5.41 Å². The molecule has 1 fully saturated rings. The number of hydrogen-bond donors (Lipinski definition) is 2. The molecule has 2 rings (SSSR count). The van der Waals surface area contributed by atoms with Gasteiger partial charge in [-0.05, 0) is 38.0 Å². The summed E-state index contributed by atoms with van der Waals surface area (Å²) in [6.07, 6.45) is 2.97. The molecule has 0 spiro atoms. The van der Waals surface area contributed by atoms with E-state index >= 15 is 0 Å². The fourth-order valence-corrected chi connectivity index (χ4v) is 3.22. The highest BCUT2D eigenvalue weighted by Gasteiger charge is 2.44. The lowest BCUT2D eigenvalue weighted by Gasteiger charge is -2.38. The zero-order valence-corrected chi connectivity index (χ0v) is 13.2. The zero-order valence-electron chi connectivity index (χ0n) is 11.7. The average Bonchev–Trinajstić information content (AvgIpc) is 2.41. The predicted molar refractivity (Wildman–Crippen MR) is 81.9 cm³/mol. The Balaban J connectivity index is 2.19. The number of amides is 1. The van der Waals surface area contributed by atoms with E-state index in [4.69, 9.17) is 23.2 Å². The first-order chi connectivity index (χ1) is 9.84. The number of carbonyl (C=O) groups is 2. The van der Waals surface area contributed by atoms with Crippen LogP contribution in [0.5, 0.6) is 0 Å². The molecular formula is C15H17Cl2NO3. The SMILES string of the molecule is CC1(C(=O)O)CCCCC1NC(=O)c1ccc(Cl)cc1Cl. The molecule has 0 saturated heterocycles. The van der Waals surface area contributed by atoms with Gasteiger partial charge in [-0.2, -0.15) is 0 Å². The van der Waals surface area contributed by atoms with Crippen LogP contribution < -0.4 is 5.32 Å². The second kappa shape index (κ2) is 6.24. The summed E-state index contributed by atoms with van der Waals surface area (Å²) in [6, 6.07) is 4.22. The molecule has 2 N–H and O–H groups in total. The Morgan fingerprint density at radius 1 is 1.33 bits per heavy atom. The summed E-state index contributed by atoms with van der Waals surface area (Å²) in [7, 11) is 0. The van der Waals surface area contributed by atoms with Crippen LogP contribution in [0.1, 0.15) is 43.0 Å². The Kier molecular flexibility index (Phi) is 4.79. The fraction of sp³-hybridized carbons (Fsp3) is 0.467. The minimum absolute atomic E-state index is 0.257. The molecule has 2 atom stereocenters. The van der Waals surface area contributed by atoms with Crippen LogP contribution in [-0.2, 0) is 4.79 Å². The topological polar surface area (TPSA) is 66.4 Å². The highest BCUT2D eigenvalue weighted by Crippen LogP contribution is 2.36. The van der Waals surface area contributed by atoms with Crippen LogP contribution in [0.15, 0.2) is 18.2 Å². The van der Waals surface area contributed by atoms with Crippen LogP contribution in [0.3, 0.4) is 0 Å². The van der Waals surface area contributed by atoms with Crippen molar-refractivity contribution in [2.24, 2.45) is 5.41 Å². The molecule has 1 aromatic rings. The predicted octanol–water partition coefficient (Wildman–Crippen LogP) is 3.76. The van der Waals surface area contributed by atoms with E-state index in [9.17, 15) is 14.7 Å². The van der Waals surface area contributed by atoms with Gasteiger partial charge in [0.2, 0.25) is 0 Å². The highest BCUT2D eigenvalue weighted by atomic mass is 35.5. The van der Waals surface area contributed by atoms with Crippen LogP contribution in [0.2, 0.25) is 10.0 Å². The molecule has 114 valence electrons. The standard InChI is InChI=1S/C15H17Cl2NO3/c1-15(14(20)21)7-3-2-4-12(15)18-13(19)10-6-5-9(16)8-11(10)17/h5-6,8,12H,2-4,7H2,1H3,(H,18,19)(H,20,21). The van der Waals surface area contributed by atoms with E-state index in [1.54, 1.807) is 19.1 Å². The number of rotatable bonds is 3. The van der Waals surface area contributed by atoms with Gasteiger partial charge in [-0.25, -0.2) is 0 Å². The molecule has 1 aliphatic rings. The lowest BCUT2D eigenvalue weighted by Crippen LogP contribution is -2.52. The fourth-order valence-electron chi connectivity index (χ4n) is 2.73. The van der Waals surface area contributed by atoms with E-state index < -0.39 is 17.4 Å². The molecular weight excluding hydrogens is 313 g/mol. The Morgan fingerprint density at radius 2 is 2.05 bits per heavy atom. The largest absolute Gasteiger partial charge is 0.481 e. The van der Waals surface area contributed by atoms with Gasteiger partial charge >= 0.3 is 5.97 Å². The van der Waals surface area contributed by atoms with Crippen molar-refractivity contribution in [2.75, 3.05) is 0 Å². The maximum atomic E-state index is 12.3. The molecule has 6 heteroatoms. The lowest BCUT2D eigenvalue weighted by molar-refractivity contribution is -0.151. The number of carbonyl (C=O) groups excluding carboxylic acids is 1. The second-order valence-electron chi connectivity index (χ2n) is 5.62. The first kappa shape index (κ1) is 16.1. The molecule has 2 unspecified atom stereocenters. The number of nitrogens with one attached hydrogen (secondary N) is 1. The van der Waals surface area contributed by atoms with Crippen LogP contribution >= 0.6 is 23.2 Å². The third-order valence-corrected chi connectivity index (χ3v) is 4.73. The molecule has 0 radical (unpaired) electrons. The summed E-state index contributed by atoms with van der Waals surface area (Å²) in [6.45, 7) is 1.68. The lowest BCUT2D eigenvalue weighted by atomic mass is 9.71. The number of aliphatic carboxylic acids is 1. The molecule has 1 amide bonds. The van der Waals surface area contributed by atoms with Crippen molar-refractivity contribution in [1.82, 2.24) is 5.32 Å². The molecule has 1 aliphatic carbocycles. The number of halogens is 2. The van der Waals surface area contributed by atoms with Crippen molar-refractivity contribution in [3.8, 4) is 0 Å². The van der Waals surface area contributed by atoms with Crippen molar-refractivity contribution in [1.29, 1.82) is 0 Å². The average molecular weight is 330 g/mol. The third-order valence-electron chi connectivity index (χ3n) is 4.18. The van der Waals surface area contributed by atoms with E-state index in [0.29, 0.717) is 23.4 Å². The maximum Gasteiger partial charge on any atom is 0.311 e. The molecule has 1 aromatic carbocycles. The third kappa shape index (κ3) is 3.33. The minimum Gasteiger partial charge on any atom is -0.481 e. The van der Waals surface area contributed by atoms with Gasteiger partial charge in [0.15, 0.2) is 0 Å². The highest BCUT2D eigenvalue weighted by molar-refractivity contribution is 6.36. The van der Waals surface area contributed by atoms with Gasteiger partial charge < -0.3 is 10.4 Å². The summed E-state index contributed by atoms with van der Waals surface area (Å²) in [5.74, 6) is -1.24. The monoisotopic (exact) mass is 329 g/mol. The number of carboxylic acids is 1. The van der Waals surface area contributed by atoms with Gasteiger partial charge in [0.1, 0.15) is 0 Å². The summed E-state index contributed by atoms with van der Waals surface area (Å²) in [5, 5.41) is 13.0. The number of hydrogen-bond acceptors (Lipinski definition) is 2. The molecule has 0 aromatic heterocycles. The Bertz CT molecular complexity index is 576. The van der Waals surface area contributed by atoms with Gasteiger partial charge in [-0.15, -0.1) is 0 Å². The van der Waals surface area contributed by atoms with Gasteiger partial charge in [0.05, 0.1) is 16.0 Å². The summed E-state index contributed by atoms with van der Waals surface area (Å²) in [5.41, 5.74) is -0.633. The normalized spacial score (nSPS) is 25.4. The van der Waals surface area contributed by atoms with Gasteiger partial charge in [-0.1, -0.05) is 36.0 Å². The maximum absolute atomic E-state index is 12.3. The smallest absolute Gasteiger partial charge is 0.311 e. The Hall–Kier alpha value is -1.26. The summed E-state index contributed by atoms with van der Waals surface area (Å²) < 4.78 is 0. The molecule has 0 bridgehead atoms. The molecule has 21 heavy (non-hydrogen) atoms. The Morgan fingerprint density at radius 3 is 2.67 bits per heavy atom. The molecule has 4 nitrogen and oxygen atoms in total. The van der Waals surface area contributed by atoms with Gasteiger partial charge in [0.25, 0.3) is 5.91 Å². The molecule has 0 heterocycles. The van der Waals surface area contributed by atoms with E-state index in [1.165, 1.54) is 6.07 Å². The van der Waals surface area contributed by atoms with Crippen molar-refractivity contribution < 1.29 is 14.7 Å². The van der Waals surface area contributed by atoms with E-state index in [2.05, 4.69) is 5.32 Å². The van der Waals surface area contributed by atoms with Crippen LogP contribution in [-0.4, -0.2) is 23.0 Å². The number of carboxylic acid groups (broad SMARTS) is 1. The number of benzene rings is 1.